The number of carbonyl (C=O) groups is 3. The number of halogens is 1. The number of amides is 4. The van der Waals surface area contributed by atoms with E-state index in [9.17, 15) is 14.4 Å². The van der Waals surface area contributed by atoms with Gasteiger partial charge in [0, 0.05) is 19.6 Å². The Morgan fingerprint density at radius 2 is 1.94 bits per heavy atom. The molecule has 2 heterocycles. The highest BCUT2D eigenvalue weighted by molar-refractivity contribution is 9.10. The molecule has 0 spiro atoms. The SMILES string of the molecule is O=C1NC(=O)N(CC(=O)N2CCCCC2)CC1Br. The van der Waals surface area contributed by atoms with E-state index in [2.05, 4.69) is 21.2 Å². The van der Waals surface area contributed by atoms with Crippen molar-refractivity contribution in [2.24, 2.45) is 0 Å². The first kappa shape index (κ1) is 13.3. The van der Waals surface area contributed by atoms with Crippen LogP contribution in [0.1, 0.15) is 19.3 Å². The van der Waals surface area contributed by atoms with E-state index in [0.29, 0.717) is 0 Å². The fourth-order valence-corrected chi connectivity index (χ4v) is 2.63. The van der Waals surface area contributed by atoms with Crippen molar-refractivity contribution in [2.45, 2.75) is 24.1 Å². The third-order valence-electron chi connectivity index (χ3n) is 3.22. The summed E-state index contributed by atoms with van der Waals surface area (Å²) in [5.41, 5.74) is 0. The van der Waals surface area contributed by atoms with Crippen molar-refractivity contribution in [3.05, 3.63) is 0 Å². The van der Waals surface area contributed by atoms with Gasteiger partial charge in [0.1, 0.15) is 11.4 Å². The molecule has 0 saturated carbocycles. The highest BCUT2D eigenvalue weighted by Gasteiger charge is 2.32. The Kier molecular flexibility index (Phi) is 4.21. The van der Waals surface area contributed by atoms with Gasteiger partial charge in [-0.2, -0.15) is 0 Å². The number of carbonyl (C=O) groups excluding carboxylic acids is 3. The molecular formula is C11H16BrN3O3. The zero-order chi connectivity index (χ0) is 13.1. The molecular weight excluding hydrogens is 302 g/mol. The average Bonchev–Trinajstić information content (AvgIpc) is 2.37. The summed E-state index contributed by atoms with van der Waals surface area (Å²) >= 11 is 3.18. The van der Waals surface area contributed by atoms with Gasteiger partial charge >= 0.3 is 6.03 Å². The number of nitrogens with one attached hydrogen (secondary N) is 1. The third kappa shape index (κ3) is 3.01. The molecule has 4 amide bonds. The Labute approximate surface area is 114 Å². The van der Waals surface area contributed by atoms with E-state index in [1.54, 1.807) is 4.90 Å². The minimum Gasteiger partial charge on any atom is -0.341 e. The normalized spacial score (nSPS) is 25.1. The quantitative estimate of drug-likeness (QED) is 0.745. The molecule has 0 aromatic carbocycles. The van der Waals surface area contributed by atoms with E-state index in [0.717, 1.165) is 32.4 Å². The van der Waals surface area contributed by atoms with Crippen LogP contribution in [0.5, 0.6) is 0 Å². The van der Waals surface area contributed by atoms with Gasteiger partial charge in [-0.05, 0) is 19.3 Å². The first-order chi connectivity index (χ1) is 8.58. The molecule has 0 aromatic rings. The number of alkyl halides is 1. The summed E-state index contributed by atoms with van der Waals surface area (Å²) in [4.78, 5) is 37.5. The van der Waals surface area contributed by atoms with E-state index in [4.69, 9.17) is 0 Å². The highest BCUT2D eigenvalue weighted by Crippen LogP contribution is 2.12. The molecule has 100 valence electrons. The first-order valence-corrected chi connectivity index (χ1v) is 7.01. The molecule has 7 heteroatoms. The molecule has 2 aliphatic heterocycles. The smallest absolute Gasteiger partial charge is 0.324 e. The Morgan fingerprint density at radius 3 is 2.61 bits per heavy atom. The Balaban J connectivity index is 1.90. The molecule has 0 bridgehead atoms. The lowest BCUT2D eigenvalue weighted by molar-refractivity contribution is -0.133. The summed E-state index contributed by atoms with van der Waals surface area (Å²) in [5, 5.41) is 2.22. The molecule has 1 atom stereocenters. The minimum absolute atomic E-state index is 0.0427. The van der Waals surface area contributed by atoms with Gasteiger partial charge in [0.2, 0.25) is 11.8 Å². The number of hydrogen-bond acceptors (Lipinski definition) is 3. The molecule has 18 heavy (non-hydrogen) atoms. The number of hydrogen-bond donors (Lipinski definition) is 1. The second-order valence-electron chi connectivity index (χ2n) is 4.58. The lowest BCUT2D eigenvalue weighted by Crippen LogP contribution is -2.57. The Hall–Kier alpha value is -1.11. The lowest BCUT2D eigenvalue weighted by Gasteiger charge is -2.32. The molecule has 0 aromatic heterocycles. The average molecular weight is 318 g/mol. The van der Waals surface area contributed by atoms with Crippen LogP contribution < -0.4 is 5.32 Å². The van der Waals surface area contributed by atoms with E-state index in [-0.39, 0.29) is 24.9 Å². The van der Waals surface area contributed by atoms with Gasteiger partial charge in [-0.25, -0.2) is 4.79 Å². The van der Waals surface area contributed by atoms with Gasteiger partial charge in [0.05, 0.1) is 0 Å². The van der Waals surface area contributed by atoms with Crippen LogP contribution in [0.25, 0.3) is 0 Å². The maximum absolute atomic E-state index is 12.0. The van der Waals surface area contributed by atoms with Gasteiger partial charge in [-0.15, -0.1) is 0 Å². The van der Waals surface area contributed by atoms with E-state index >= 15 is 0 Å². The summed E-state index contributed by atoms with van der Waals surface area (Å²) in [6, 6.07) is -0.485. The largest absolute Gasteiger partial charge is 0.341 e. The van der Waals surface area contributed by atoms with Crippen molar-refractivity contribution < 1.29 is 14.4 Å². The predicted octanol–water partition coefficient (Wildman–Crippen LogP) is 0.314. The van der Waals surface area contributed by atoms with Crippen LogP contribution in [0.4, 0.5) is 4.79 Å². The summed E-state index contributed by atoms with van der Waals surface area (Å²) < 4.78 is 0. The van der Waals surface area contributed by atoms with Gasteiger partial charge in [0.25, 0.3) is 0 Å². The van der Waals surface area contributed by atoms with Crippen LogP contribution in [0, 0.1) is 0 Å². The number of imide groups is 1. The Morgan fingerprint density at radius 1 is 1.28 bits per heavy atom. The Bertz CT molecular complexity index is 369. The van der Waals surface area contributed by atoms with Crippen LogP contribution in [-0.2, 0) is 9.59 Å². The molecule has 2 fully saturated rings. The molecule has 6 nitrogen and oxygen atoms in total. The second kappa shape index (κ2) is 5.69. The molecule has 2 saturated heterocycles. The highest BCUT2D eigenvalue weighted by atomic mass is 79.9. The predicted molar refractivity (Wildman–Crippen MR) is 68.3 cm³/mol. The van der Waals surface area contributed by atoms with E-state index < -0.39 is 10.9 Å². The molecule has 2 rings (SSSR count). The third-order valence-corrected chi connectivity index (χ3v) is 3.92. The molecule has 1 unspecified atom stereocenters. The van der Waals surface area contributed by atoms with Crippen LogP contribution in [0.2, 0.25) is 0 Å². The van der Waals surface area contributed by atoms with E-state index in [1.807, 2.05) is 0 Å². The van der Waals surface area contributed by atoms with Crippen molar-refractivity contribution >= 4 is 33.8 Å². The van der Waals surface area contributed by atoms with Gasteiger partial charge < -0.3 is 9.80 Å². The number of piperidine rings is 1. The van der Waals surface area contributed by atoms with Crippen LogP contribution >= 0.6 is 15.9 Å². The van der Waals surface area contributed by atoms with Crippen molar-refractivity contribution in [3.8, 4) is 0 Å². The minimum atomic E-state index is -0.485. The molecule has 0 radical (unpaired) electrons. The van der Waals surface area contributed by atoms with Crippen LogP contribution in [-0.4, -0.2) is 58.7 Å². The standard InChI is InChI=1S/C11H16BrN3O3/c12-8-6-15(11(18)13-10(8)17)7-9(16)14-4-2-1-3-5-14/h8H,1-7H2,(H,13,17,18). The topological polar surface area (TPSA) is 69.7 Å². The van der Waals surface area contributed by atoms with Crippen molar-refractivity contribution in [2.75, 3.05) is 26.2 Å². The number of likely N-dealkylation sites (tertiary alicyclic amines) is 1. The van der Waals surface area contributed by atoms with Gasteiger partial charge in [-0.3, -0.25) is 14.9 Å². The summed E-state index contributed by atoms with van der Waals surface area (Å²) in [5.74, 6) is -0.388. The summed E-state index contributed by atoms with van der Waals surface area (Å²) in [6.07, 6.45) is 3.21. The monoisotopic (exact) mass is 317 g/mol. The maximum atomic E-state index is 12.0. The fourth-order valence-electron chi connectivity index (χ4n) is 2.17. The molecule has 1 N–H and O–H groups in total. The zero-order valence-corrected chi connectivity index (χ0v) is 11.6. The summed E-state index contributed by atoms with van der Waals surface area (Å²) in [7, 11) is 0. The lowest BCUT2D eigenvalue weighted by atomic mass is 10.1. The number of rotatable bonds is 2. The molecule has 0 aliphatic carbocycles. The van der Waals surface area contributed by atoms with Crippen molar-refractivity contribution in [1.82, 2.24) is 15.1 Å². The number of nitrogens with zero attached hydrogens (tertiary/aromatic N) is 2. The van der Waals surface area contributed by atoms with Crippen molar-refractivity contribution in [1.29, 1.82) is 0 Å². The zero-order valence-electron chi connectivity index (χ0n) is 10.0. The van der Waals surface area contributed by atoms with Crippen LogP contribution in [0.15, 0.2) is 0 Å². The number of urea groups is 1. The van der Waals surface area contributed by atoms with Crippen molar-refractivity contribution in [3.63, 3.8) is 0 Å². The molecule has 2 aliphatic rings. The van der Waals surface area contributed by atoms with Crippen LogP contribution in [0.3, 0.4) is 0 Å². The van der Waals surface area contributed by atoms with Gasteiger partial charge in [0.15, 0.2) is 0 Å². The summed E-state index contributed by atoms with van der Waals surface area (Å²) in [6.45, 7) is 1.82. The van der Waals surface area contributed by atoms with Gasteiger partial charge in [-0.1, -0.05) is 15.9 Å². The maximum Gasteiger partial charge on any atom is 0.324 e. The second-order valence-corrected chi connectivity index (χ2v) is 5.69. The van der Waals surface area contributed by atoms with E-state index in [1.165, 1.54) is 4.90 Å². The fraction of sp³-hybridized carbons (Fsp3) is 0.727. The first-order valence-electron chi connectivity index (χ1n) is 6.09.